The van der Waals surface area contributed by atoms with Crippen LogP contribution in [0.2, 0.25) is 5.02 Å². The SMILES string of the molecule is C#CCC1CC(=C)C(c2cc(-c3ncc(Cl)cc3F)ccc2C)C1=C. The number of nitrogens with zero attached hydrogens (tertiary/aromatic N) is 1. The average molecular weight is 352 g/mol. The minimum absolute atomic E-state index is 0.0497. The van der Waals surface area contributed by atoms with E-state index in [1.165, 1.54) is 12.3 Å². The molecule has 2 aromatic rings. The van der Waals surface area contributed by atoms with Crippen molar-refractivity contribution in [1.82, 2.24) is 4.98 Å². The van der Waals surface area contributed by atoms with Crippen molar-refractivity contribution in [3.8, 4) is 23.6 Å². The predicted octanol–water partition coefficient (Wildman–Crippen LogP) is 6.09. The van der Waals surface area contributed by atoms with Gasteiger partial charge in [0.05, 0.1) is 5.02 Å². The summed E-state index contributed by atoms with van der Waals surface area (Å²) in [5, 5.41) is 0.281. The molecule has 0 radical (unpaired) electrons. The molecule has 1 fully saturated rings. The Labute approximate surface area is 153 Å². The van der Waals surface area contributed by atoms with Crippen molar-refractivity contribution in [2.24, 2.45) is 5.92 Å². The van der Waals surface area contributed by atoms with Crippen molar-refractivity contribution in [1.29, 1.82) is 0 Å². The molecule has 3 rings (SSSR count). The highest BCUT2D eigenvalue weighted by Gasteiger charge is 2.33. The number of halogens is 2. The summed E-state index contributed by atoms with van der Waals surface area (Å²) in [4.78, 5) is 4.15. The van der Waals surface area contributed by atoms with E-state index in [2.05, 4.69) is 24.1 Å². The summed E-state index contributed by atoms with van der Waals surface area (Å²) in [6, 6.07) is 7.11. The van der Waals surface area contributed by atoms with Crippen LogP contribution in [0.3, 0.4) is 0 Å². The molecule has 0 N–H and O–H groups in total. The lowest BCUT2D eigenvalue weighted by molar-refractivity contribution is 0.626. The first-order chi connectivity index (χ1) is 11.9. The van der Waals surface area contributed by atoms with Gasteiger partial charge in [-0.1, -0.05) is 48.0 Å². The normalized spacial score (nSPS) is 19.9. The maximum Gasteiger partial charge on any atom is 0.150 e. The van der Waals surface area contributed by atoms with Crippen molar-refractivity contribution < 1.29 is 4.39 Å². The Morgan fingerprint density at radius 2 is 2.12 bits per heavy atom. The summed E-state index contributed by atoms with van der Waals surface area (Å²) in [5.74, 6) is 2.60. The summed E-state index contributed by atoms with van der Waals surface area (Å²) in [6.07, 6.45) is 8.45. The summed E-state index contributed by atoms with van der Waals surface area (Å²) in [7, 11) is 0. The first kappa shape index (κ1) is 17.5. The standard InChI is InChI=1S/C22H19ClFN/c1-5-6-16-9-14(3)21(15(16)4)19-10-17(8-7-13(19)2)22-20(24)11-18(23)12-25-22/h1,7-8,10-12,16,21H,3-4,6,9H2,2H3. The van der Waals surface area contributed by atoms with Crippen molar-refractivity contribution in [3.05, 3.63) is 76.7 Å². The van der Waals surface area contributed by atoms with Gasteiger partial charge in [-0.2, -0.15) is 0 Å². The molecule has 0 saturated heterocycles. The second-order valence-electron chi connectivity index (χ2n) is 6.53. The largest absolute Gasteiger partial charge is 0.252 e. The fraction of sp³-hybridized carbons (Fsp3) is 0.227. The average Bonchev–Trinajstić information content (AvgIpc) is 2.83. The van der Waals surface area contributed by atoms with Crippen molar-refractivity contribution in [3.63, 3.8) is 0 Å². The van der Waals surface area contributed by atoms with Crippen LogP contribution >= 0.6 is 11.6 Å². The fourth-order valence-electron chi connectivity index (χ4n) is 3.55. The third-order valence-electron chi connectivity index (χ3n) is 4.85. The van der Waals surface area contributed by atoms with Crippen molar-refractivity contribution >= 4 is 11.6 Å². The number of hydrogen-bond acceptors (Lipinski definition) is 1. The maximum atomic E-state index is 14.3. The first-order valence-corrected chi connectivity index (χ1v) is 8.52. The van der Waals surface area contributed by atoms with Crippen LogP contribution in [0.1, 0.15) is 29.9 Å². The highest BCUT2D eigenvalue weighted by molar-refractivity contribution is 6.30. The molecule has 1 heterocycles. The molecule has 3 heteroatoms. The van der Waals surface area contributed by atoms with E-state index in [1.54, 1.807) is 0 Å². The minimum Gasteiger partial charge on any atom is -0.252 e. The number of aryl methyl sites for hydroxylation is 1. The molecule has 0 spiro atoms. The smallest absolute Gasteiger partial charge is 0.150 e. The van der Waals surface area contributed by atoms with E-state index >= 15 is 0 Å². The van der Waals surface area contributed by atoms with Crippen molar-refractivity contribution in [2.75, 3.05) is 0 Å². The number of pyridine rings is 1. The van der Waals surface area contributed by atoms with E-state index in [0.29, 0.717) is 12.1 Å². The summed E-state index contributed by atoms with van der Waals surface area (Å²) >= 11 is 5.81. The Morgan fingerprint density at radius 3 is 2.80 bits per heavy atom. The van der Waals surface area contributed by atoms with Gasteiger partial charge in [0.25, 0.3) is 0 Å². The molecule has 2 unspecified atom stereocenters. The molecule has 1 aromatic heterocycles. The van der Waals surface area contributed by atoms with Crippen LogP contribution in [0, 0.1) is 31.0 Å². The summed E-state index contributed by atoms with van der Waals surface area (Å²) < 4.78 is 14.3. The minimum atomic E-state index is -0.434. The lowest BCUT2D eigenvalue weighted by atomic mass is 9.85. The van der Waals surface area contributed by atoms with E-state index < -0.39 is 5.82 Å². The van der Waals surface area contributed by atoms with Gasteiger partial charge in [0.1, 0.15) is 5.69 Å². The predicted molar refractivity (Wildman–Crippen MR) is 102 cm³/mol. The maximum absolute atomic E-state index is 14.3. The molecule has 0 aliphatic heterocycles. The van der Waals surface area contributed by atoms with E-state index in [9.17, 15) is 4.39 Å². The Hall–Kier alpha value is -2.37. The molecule has 126 valence electrons. The molecule has 1 aliphatic carbocycles. The molecule has 1 aromatic carbocycles. The van der Waals surface area contributed by atoms with Gasteiger partial charge in [0, 0.05) is 24.1 Å². The molecule has 1 nitrogen and oxygen atoms in total. The Balaban J connectivity index is 2.05. The summed E-state index contributed by atoms with van der Waals surface area (Å²) in [6.45, 7) is 10.5. The van der Waals surface area contributed by atoms with Crippen LogP contribution in [-0.2, 0) is 0 Å². The number of hydrogen-bond donors (Lipinski definition) is 0. The number of terminal acetylenes is 1. The number of allylic oxidation sites excluding steroid dienone is 2. The fourth-order valence-corrected chi connectivity index (χ4v) is 3.70. The van der Waals surface area contributed by atoms with Gasteiger partial charge >= 0.3 is 0 Å². The van der Waals surface area contributed by atoms with Gasteiger partial charge in [-0.05, 0) is 42.5 Å². The molecule has 2 atom stereocenters. The van der Waals surface area contributed by atoms with E-state index in [-0.39, 0.29) is 16.9 Å². The van der Waals surface area contributed by atoms with Crippen molar-refractivity contribution in [2.45, 2.75) is 25.7 Å². The first-order valence-electron chi connectivity index (χ1n) is 8.14. The molecule has 1 aliphatic rings. The van der Waals surface area contributed by atoms with Gasteiger partial charge in [-0.3, -0.25) is 4.98 Å². The van der Waals surface area contributed by atoms with Crippen LogP contribution in [-0.4, -0.2) is 4.98 Å². The molecular weight excluding hydrogens is 333 g/mol. The molecule has 0 amide bonds. The second-order valence-corrected chi connectivity index (χ2v) is 6.97. The Morgan fingerprint density at radius 1 is 1.36 bits per heavy atom. The highest BCUT2D eigenvalue weighted by atomic mass is 35.5. The quantitative estimate of drug-likeness (QED) is 0.481. The zero-order chi connectivity index (χ0) is 18.1. The molecule has 0 bridgehead atoms. The highest BCUT2D eigenvalue weighted by Crippen LogP contribution is 2.48. The zero-order valence-corrected chi connectivity index (χ0v) is 14.9. The Kier molecular flexibility index (Phi) is 4.79. The van der Waals surface area contributed by atoms with Crippen LogP contribution in [0.25, 0.3) is 11.3 Å². The van der Waals surface area contributed by atoms with Gasteiger partial charge in [-0.15, -0.1) is 12.3 Å². The van der Waals surface area contributed by atoms with E-state index in [1.807, 2.05) is 25.1 Å². The lowest BCUT2D eigenvalue weighted by Gasteiger charge is -2.19. The number of rotatable bonds is 3. The van der Waals surface area contributed by atoms with E-state index in [0.717, 1.165) is 34.3 Å². The number of aromatic nitrogens is 1. The van der Waals surface area contributed by atoms with Crippen LogP contribution in [0.15, 0.2) is 54.8 Å². The molecule has 25 heavy (non-hydrogen) atoms. The van der Waals surface area contributed by atoms with Gasteiger partial charge in [0.2, 0.25) is 0 Å². The monoisotopic (exact) mass is 351 g/mol. The lowest BCUT2D eigenvalue weighted by Crippen LogP contribution is -2.03. The number of benzene rings is 1. The van der Waals surface area contributed by atoms with Crippen LogP contribution in [0.4, 0.5) is 4.39 Å². The van der Waals surface area contributed by atoms with E-state index in [4.69, 9.17) is 18.0 Å². The van der Waals surface area contributed by atoms with Crippen LogP contribution in [0.5, 0.6) is 0 Å². The Bertz CT molecular complexity index is 907. The van der Waals surface area contributed by atoms with Gasteiger partial charge < -0.3 is 0 Å². The van der Waals surface area contributed by atoms with Gasteiger partial charge in [-0.25, -0.2) is 4.39 Å². The molecule has 1 saturated carbocycles. The van der Waals surface area contributed by atoms with Gasteiger partial charge in [0.15, 0.2) is 5.82 Å². The zero-order valence-electron chi connectivity index (χ0n) is 14.2. The van der Waals surface area contributed by atoms with Crippen LogP contribution < -0.4 is 0 Å². The topological polar surface area (TPSA) is 12.9 Å². The molecular formula is C22H19ClFN. The third-order valence-corrected chi connectivity index (χ3v) is 5.05. The second kappa shape index (κ2) is 6.86. The third kappa shape index (κ3) is 3.25. The summed E-state index contributed by atoms with van der Waals surface area (Å²) in [5.41, 5.74) is 5.41.